The number of methoxy groups -OCH3 is 1. The van der Waals surface area contributed by atoms with Gasteiger partial charge in [0.15, 0.2) is 0 Å². The number of carbonyl (C=O) groups excluding carboxylic acids is 2. The fourth-order valence-electron chi connectivity index (χ4n) is 3.97. The van der Waals surface area contributed by atoms with Crippen LogP contribution < -0.4 is 0 Å². The zero-order valence-electron chi connectivity index (χ0n) is 18.4. The Hall–Kier alpha value is -1.53. The molecule has 0 spiro atoms. The van der Waals surface area contributed by atoms with Crippen LogP contribution in [0.1, 0.15) is 57.4 Å². The Morgan fingerprint density at radius 2 is 2.03 bits per heavy atom. The zero-order valence-corrected chi connectivity index (χ0v) is 19.2. The molecule has 1 aromatic carbocycles. The normalized spacial score (nSPS) is 18.4. The van der Waals surface area contributed by atoms with Gasteiger partial charge in [0.2, 0.25) is 5.91 Å². The van der Waals surface area contributed by atoms with Crippen molar-refractivity contribution in [3.05, 3.63) is 35.9 Å². The molecule has 0 radical (unpaired) electrons. The number of ether oxygens (including phenoxy) is 1. The molecule has 6 heteroatoms. The van der Waals surface area contributed by atoms with Gasteiger partial charge in [0.05, 0.1) is 13.2 Å². The van der Waals surface area contributed by atoms with E-state index >= 15 is 0 Å². The molecule has 0 bridgehead atoms. The predicted octanol–water partition coefficient (Wildman–Crippen LogP) is 4.07. The third-order valence-electron chi connectivity index (χ3n) is 6.01. The van der Waals surface area contributed by atoms with Crippen molar-refractivity contribution in [2.45, 2.75) is 70.4 Å². The minimum atomic E-state index is -0.320. The van der Waals surface area contributed by atoms with E-state index in [-0.39, 0.29) is 29.9 Å². The van der Waals surface area contributed by atoms with Crippen LogP contribution in [0.4, 0.5) is 0 Å². The van der Waals surface area contributed by atoms with Gasteiger partial charge in [-0.05, 0) is 55.8 Å². The molecule has 1 aliphatic heterocycles. The highest BCUT2D eigenvalue weighted by Gasteiger charge is 2.31. The maximum absolute atomic E-state index is 12.3. The Balaban J connectivity index is 1.65. The summed E-state index contributed by atoms with van der Waals surface area (Å²) < 4.78 is 4.65. The van der Waals surface area contributed by atoms with Crippen molar-refractivity contribution in [1.29, 1.82) is 0 Å². The van der Waals surface area contributed by atoms with Crippen LogP contribution in [-0.4, -0.2) is 59.2 Å². The summed E-state index contributed by atoms with van der Waals surface area (Å²) in [6.07, 6.45) is 6.04. The standard InChI is InChI=1S/C24H37NO4S/c1-19(10-11-20-7-4-3-5-8-20)22(26)14-12-21-13-15-23(27)25(21)16-18-30-17-6-9-24(28)29-2/h3-5,7-8,19,21-22,26H,6,9-18H2,1-2H3/t19-,21-,22+/m0/s1. The number of rotatable bonds is 14. The summed E-state index contributed by atoms with van der Waals surface area (Å²) in [5, 5.41) is 10.6. The number of thioether (sulfide) groups is 1. The van der Waals surface area contributed by atoms with Crippen LogP contribution in [0.15, 0.2) is 30.3 Å². The highest BCUT2D eigenvalue weighted by atomic mass is 32.2. The maximum atomic E-state index is 12.3. The first-order chi connectivity index (χ1) is 14.5. The van der Waals surface area contributed by atoms with Gasteiger partial charge in [0.25, 0.3) is 0 Å². The number of aliphatic hydroxyl groups excluding tert-OH is 1. The minimum absolute atomic E-state index is 0.165. The molecule has 1 saturated heterocycles. The lowest BCUT2D eigenvalue weighted by Gasteiger charge is -2.27. The third kappa shape index (κ3) is 8.68. The molecule has 1 fully saturated rings. The molecule has 1 aliphatic rings. The summed E-state index contributed by atoms with van der Waals surface area (Å²) >= 11 is 1.78. The summed E-state index contributed by atoms with van der Waals surface area (Å²) in [7, 11) is 1.41. The third-order valence-corrected chi connectivity index (χ3v) is 7.06. The second-order valence-electron chi connectivity index (χ2n) is 8.22. The van der Waals surface area contributed by atoms with E-state index in [1.165, 1.54) is 12.7 Å². The Morgan fingerprint density at radius 3 is 2.77 bits per heavy atom. The lowest BCUT2D eigenvalue weighted by molar-refractivity contribution is -0.140. The molecule has 2 rings (SSSR count). The molecule has 1 amide bonds. The van der Waals surface area contributed by atoms with Crippen LogP contribution >= 0.6 is 11.8 Å². The van der Waals surface area contributed by atoms with Gasteiger partial charge in [-0.25, -0.2) is 0 Å². The minimum Gasteiger partial charge on any atom is -0.469 e. The Labute approximate surface area is 185 Å². The number of hydrogen-bond acceptors (Lipinski definition) is 5. The first-order valence-corrected chi connectivity index (χ1v) is 12.3. The van der Waals surface area contributed by atoms with E-state index in [0.717, 1.165) is 56.6 Å². The van der Waals surface area contributed by atoms with Gasteiger partial charge in [-0.2, -0.15) is 11.8 Å². The van der Waals surface area contributed by atoms with Crippen molar-refractivity contribution in [1.82, 2.24) is 4.90 Å². The lowest BCUT2D eigenvalue weighted by atomic mass is 9.92. The van der Waals surface area contributed by atoms with E-state index < -0.39 is 0 Å². The van der Waals surface area contributed by atoms with Gasteiger partial charge >= 0.3 is 5.97 Å². The van der Waals surface area contributed by atoms with Crippen molar-refractivity contribution < 1.29 is 19.4 Å². The Kier molecular flexibility index (Phi) is 11.3. The van der Waals surface area contributed by atoms with Crippen LogP contribution in [0, 0.1) is 5.92 Å². The van der Waals surface area contributed by atoms with E-state index in [0.29, 0.717) is 12.8 Å². The molecule has 1 N–H and O–H groups in total. The van der Waals surface area contributed by atoms with Crippen LogP contribution in [-0.2, 0) is 20.7 Å². The average Bonchev–Trinajstić information content (AvgIpc) is 3.12. The number of esters is 1. The van der Waals surface area contributed by atoms with Gasteiger partial charge in [0.1, 0.15) is 0 Å². The number of carbonyl (C=O) groups is 2. The first kappa shape index (κ1) is 24.7. The molecule has 0 aromatic heterocycles. The molecular formula is C24H37NO4S. The van der Waals surface area contributed by atoms with Gasteiger partial charge in [-0.1, -0.05) is 37.3 Å². The maximum Gasteiger partial charge on any atom is 0.305 e. The molecule has 0 saturated carbocycles. The van der Waals surface area contributed by atoms with Gasteiger partial charge in [0, 0.05) is 31.2 Å². The van der Waals surface area contributed by atoms with Crippen LogP contribution in [0.25, 0.3) is 0 Å². The SMILES string of the molecule is COC(=O)CCCSCCN1C(=O)CC[C@@H]1CC[C@@H](O)[C@@H](C)CCc1ccccc1. The highest BCUT2D eigenvalue weighted by Crippen LogP contribution is 2.26. The molecule has 1 heterocycles. The highest BCUT2D eigenvalue weighted by molar-refractivity contribution is 7.99. The fourth-order valence-corrected chi connectivity index (χ4v) is 4.84. The number of benzene rings is 1. The van der Waals surface area contributed by atoms with E-state index in [4.69, 9.17) is 0 Å². The smallest absolute Gasteiger partial charge is 0.305 e. The molecule has 0 unspecified atom stereocenters. The van der Waals surface area contributed by atoms with Crippen molar-refractivity contribution >= 4 is 23.6 Å². The number of hydrogen-bond donors (Lipinski definition) is 1. The van der Waals surface area contributed by atoms with Gasteiger partial charge in [-0.15, -0.1) is 0 Å². The molecule has 0 aliphatic carbocycles. The summed E-state index contributed by atoms with van der Waals surface area (Å²) in [4.78, 5) is 25.4. The number of aryl methyl sites for hydroxylation is 1. The quantitative estimate of drug-likeness (QED) is 0.352. The number of aliphatic hydroxyl groups is 1. The predicted molar refractivity (Wildman–Crippen MR) is 122 cm³/mol. The van der Waals surface area contributed by atoms with E-state index in [9.17, 15) is 14.7 Å². The van der Waals surface area contributed by atoms with Crippen molar-refractivity contribution in [2.24, 2.45) is 5.92 Å². The summed E-state index contributed by atoms with van der Waals surface area (Å²) in [5.74, 6) is 2.11. The molecular weight excluding hydrogens is 398 g/mol. The monoisotopic (exact) mass is 435 g/mol. The van der Waals surface area contributed by atoms with Crippen molar-refractivity contribution in [3.63, 3.8) is 0 Å². The summed E-state index contributed by atoms with van der Waals surface area (Å²) in [5.41, 5.74) is 1.31. The number of likely N-dealkylation sites (tertiary alicyclic amines) is 1. The second kappa shape index (κ2) is 13.7. The summed E-state index contributed by atoms with van der Waals surface area (Å²) in [6.45, 7) is 2.88. The van der Waals surface area contributed by atoms with Crippen molar-refractivity contribution in [2.75, 3.05) is 25.2 Å². The van der Waals surface area contributed by atoms with E-state index in [1.807, 2.05) is 11.0 Å². The topological polar surface area (TPSA) is 66.8 Å². The van der Waals surface area contributed by atoms with Crippen LogP contribution in [0.5, 0.6) is 0 Å². The molecule has 1 aromatic rings. The zero-order chi connectivity index (χ0) is 21.8. The van der Waals surface area contributed by atoms with Crippen LogP contribution in [0.3, 0.4) is 0 Å². The Morgan fingerprint density at radius 1 is 1.27 bits per heavy atom. The molecule has 5 nitrogen and oxygen atoms in total. The largest absolute Gasteiger partial charge is 0.469 e. The molecule has 168 valence electrons. The number of nitrogens with zero attached hydrogens (tertiary/aromatic N) is 1. The lowest BCUT2D eigenvalue weighted by Crippen LogP contribution is -2.35. The number of amides is 1. The van der Waals surface area contributed by atoms with Gasteiger partial charge in [-0.3, -0.25) is 9.59 Å². The van der Waals surface area contributed by atoms with Crippen molar-refractivity contribution in [3.8, 4) is 0 Å². The molecule has 30 heavy (non-hydrogen) atoms. The first-order valence-electron chi connectivity index (χ1n) is 11.2. The molecule has 3 atom stereocenters. The average molecular weight is 436 g/mol. The van der Waals surface area contributed by atoms with Gasteiger partial charge < -0.3 is 14.7 Å². The van der Waals surface area contributed by atoms with E-state index in [2.05, 4.69) is 35.9 Å². The summed E-state index contributed by atoms with van der Waals surface area (Å²) in [6, 6.07) is 10.7. The fraction of sp³-hybridized carbons (Fsp3) is 0.667. The van der Waals surface area contributed by atoms with E-state index in [1.54, 1.807) is 11.8 Å². The van der Waals surface area contributed by atoms with Crippen LogP contribution in [0.2, 0.25) is 0 Å². The Bertz CT molecular complexity index is 639. The second-order valence-corrected chi connectivity index (χ2v) is 9.44.